The number of rotatable bonds is 11. The summed E-state index contributed by atoms with van der Waals surface area (Å²) in [5, 5.41) is 0.413. The second-order valence-corrected chi connectivity index (χ2v) is 8.83. The second kappa shape index (κ2) is 12.0. The average molecular weight is 494 g/mol. The van der Waals surface area contributed by atoms with Crippen LogP contribution >= 0.6 is 23.4 Å². The molecule has 0 saturated heterocycles. The molecule has 5 nitrogen and oxygen atoms in total. The minimum Gasteiger partial charge on any atom is -0.490 e. The number of thioether (sulfide) groups is 1. The van der Waals surface area contributed by atoms with E-state index in [1.54, 1.807) is 11.8 Å². The van der Waals surface area contributed by atoms with Crippen molar-refractivity contribution in [1.82, 2.24) is 9.97 Å². The quantitative estimate of drug-likeness (QED) is 0.241. The summed E-state index contributed by atoms with van der Waals surface area (Å²) in [6, 6.07) is 9.34. The number of benzene rings is 1. The zero-order chi connectivity index (χ0) is 23.8. The Morgan fingerprint density at radius 1 is 1.12 bits per heavy atom. The molecule has 0 fully saturated rings. The number of unbranched alkanes of at least 4 members (excludes halogenated alkanes) is 1. The Balaban J connectivity index is 1.49. The van der Waals surface area contributed by atoms with Gasteiger partial charge in [0.25, 0.3) is 0 Å². The number of nitrogens with zero attached hydrogens (tertiary/aromatic N) is 2. The summed E-state index contributed by atoms with van der Waals surface area (Å²) in [6.45, 7) is 2.29. The van der Waals surface area contributed by atoms with Crippen LogP contribution in [0.1, 0.15) is 31.7 Å². The van der Waals surface area contributed by atoms with Crippen LogP contribution in [-0.4, -0.2) is 28.9 Å². The standard InChI is InChI=1S/C24H26ClF2N3O2S/c1-15(32-24-10-16(14-33-2)9-22(25)30-24)5-3-4-8-31-21-11-17(6-7-19(21)26)18-12-23(28)29-13-20(18)27/h6-7,9-13,15H,3-5,8,14H2,1-2H3,(H2,28,29). The van der Waals surface area contributed by atoms with Crippen LogP contribution in [0.15, 0.2) is 42.6 Å². The van der Waals surface area contributed by atoms with E-state index < -0.39 is 11.6 Å². The molecule has 1 aromatic carbocycles. The Labute approximate surface area is 201 Å². The van der Waals surface area contributed by atoms with E-state index in [9.17, 15) is 8.78 Å². The summed E-state index contributed by atoms with van der Waals surface area (Å²) < 4.78 is 39.8. The predicted octanol–water partition coefficient (Wildman–Crippen LogP) is 6.54. The molecule has 2 N–H and O–H groups in total. The van der Waals surface area contributed by atoms with Gasteiger partial charge in [-0.1, -0.05) is 17.7 Å². The number of pyridine rings is 2. The van der Waals surface area contributed by atoms with Gasteiger partial charge in [0.1, 0.15) is 16.8 Å². The summed E-state index contributed by atoms with van der Waals surface area (Å²) in [7, 11) is 0. The molecule has 0 spiro atoms. The number of nitrogens with two attached hydrogens (primary N) is 1. The van der Waals surface area contributed by atoms with Gasteiger partial charge in [0.15, 0.2) is 11.6 Å². The van der Waals surface area contributed by atoms with Gasteiger partial charge in [-0.15, -0.1) is 0 Å². The van der Waals surface area contributed by atoms with Crippen LogP contribution < -0.4 is 15.2 Å². The first-order valence-electron chi connectivity index (χ1n) is 10.5. The maximum absolute atomic E-state index is 14.2. The van der Waals surface area contributed by atoms with E-state index in [-0.39, 0.29) is 23.2 Å². The number of aromatic nitrogens is 2. The molecule has 33 heavy (non-hydrogen) atoms. The third-order valence-corrected chi connectivity index (χ3v) is 5.66. The van der Waals surface area contributed by atoms with Crippen molar-refractivity contribution in [2.75, 3.05) is 18.6 Å². The van der Waals surface area contributed by atoms with Crippen molar-refractivity contribution < 1.29 is 18.3 Å². The summed E-state index contributed by atoms with van der Waals surface area (Å²) >= 11 is 7.78. The first-order chi connectivity index (χ1) is 15.9. The van der Waals surface area contributed by atoms with Crippen molar-refractivity contribution in [1.29, 1.82) is 0 Å². The fraction of sp³-hybridized carbons (Fsp3) is 0.333. The molecule has 0 radical (unpaired) electrons. The van der Waals surface area contributed by atoms with E-state index in [2.05, 4.69) is 9.97 Å². The molecule has 0 aliphatic rings. The normalized spacial score (nSPS) is 11.9. The molecule has 1 unspecified atom stereocenters. The highest BCUT2D eigenvalue weighted by atomic mass is 35.5. The molecule has 0 amide bonds. The highest BCUT2D eigenvalue weighted by molar-refractivity contribution is 7.97. The van der Waals surface area contributed by atoms with E-state index in [4.69, 9.17) is 26.8 Å². The number of hydrogen-bond donors (Lipinski definition) is 1. The molecule has 2 heterocycles. The van der Waals surface area contributed by atoms with Crippen molar-refractivity contribution in [3.05, 3.63) is 64.9 Å². The Morgan fingerprint density at radius 3 is 2.73 bits per heavy atom. The molecule has 0 saturated carbocycles. The maximum Gasteiger partial charge on any atom is 0.215 e. The zero-order valence-corrected chi connectivity index (χ0v) is 20.1. The largest absolute Gasteiger partial charge is 0.490 e. The third kappa shape index (κ3) is 7.47. The molecule has 0 aliphatic heterocycles. The minimum atomic E-state index is -0.537. The third-order valence-electron chi connectivity index (χ3n) is 4.84. The number of ether oxygens (including phenoxy) is 2. The molecule has 2 aromatic heterocycles. The summed E-state index contributed by atoms with van der Waals surface area (Å²) in [5.41, 5.74) is 7.42. The summed E-state index contributed by atoms with van der Waals surface area (Å²) in [5.74, 6) is 0.553. The van der Waals surface area contributed by atoms with E-state index in [0.717, 1.165) is 30.4 Å². The Bertz CT molecular complexity index is 1090. The highest BCUT2D eigenvalue weighted by Crippen LogP contribution is 2.29. The summed E-state index contributed by atoms with van der Waals surface area (Å²) in [4.78, 5) is 7.93. The van der Waals surface area contributed by atoms with Crippen LogP contribution in [0.25, 0.3) is 11.1 Å². The Kier molecular flexibility index (Phi) is 9.14. The van der Waals surface area contributed by atoms with Gasteiger partial charge < -0.3 is 15.2 Å². The van der Waals surface area contributed by atoms with Crippen LogP contribution in [0.4, 0.5) is 14.6 Å². The Hall–Kier alpha value is -2.58. The zero-order valence-electron chi connectivity index (χ0n) is 18.5. The van der Waals surface area contributed by atoms with Gasteiger partial charge in [0.2, 0.25) is 5.88 Å². The molecule has 1 atom stereocenters. The van der Waals surface area contributed by atoms with Crippen LogP contribution in [0.5, 0.6) is 11.6 Å². The molecular weight excluding hydrogens is 468 g/mol. The lowest BCUT2D eigenvalue weighted by molar-refractivity contribution is 0.193. The van der Waals surface area contributed by atoms with Gasteiger partial charge in [-0.3, -0.25) is 0 Å². The van der Waals surface area contributed by atoms with Gasteiger partial charge in [-0.2, -0.15) is 11.8 Å². The monoisotopic (exact) mass is 493 g/mol. The molecule has 3 rings (SSSR count). The lowest BCUT2D eigenvalue weighted by Gasteiger charge is -2.15. The van der Waals surface area contributed by atoms with Crippen molar-refractivity contribution in [2.24, 2.45) is 0 Å². The van der Waals surface area contributed by atoms with E-state index in [1.165, 1.54) is 24.3 Å². The lowest BCUT2D eigenvalue weighted by atomic mass is 10.1. The SMILES string of the molecule is CSCc1cc(Cl)nc(OC(C)CCCCOc2cc(-c3cc(N)ncc3F)ccc2F)c1. The second-order valence-electron chi connectivity index (χ2n) is 7.58. The first kappa shape index (κ1) is 25.1. The van der Waals surface area contributed by atoms with Crippen LogP contribution in [0, 0.1) is 11.6 Å². The average Bonchev–Trinajstić information content (AvgIpc) is 2.76. The number of nitrogen functional groups attached to an aromatic ring is 1. The fourth-order valence-electron chi connectivity index (χ4n) is 3.27. The van der Waals surface area contributed by atoms with Gasteiger partial charge in [0.05, 0.1) is 18.9 Å². The predicted molar refractivity (Wildman–Crippen MR) is 130 cm³/mol. The van der Waals surface area contributed by atoms with Crippen LogP contribution in [-0.2, 0) is 5.75 Å². The maximum atomic E-state index is 14.2. The van der Waals surface area contributed by atoms with Gasteiger partial charge in [0, 0.05) is 17.4 Å². The molecule has 3 aromatic rings. The van der Waals surface area contributed by atoms with Crippen molar-refractivity contribution >= 4 is 29.2 Å². The topological polar surface area (TPSA) is 70.3 Å². The molecule has 0 aliphatic carbocycles. The van der Waals surface area contributed by atoms with Crippen LogP contribution in [0.2, 0.25) is 5.15 Å². The number of hydrogen-bond acceptors (Lipinski definition) is 6. The van der Waals surface area contributed by atoms with Crippen molar-refractivity contribution in [3.63, 3.8) is 0 Å². The smallest absolute Gasteiger partial charge is 0.215 e. The van der Waals surface area contributed by atoms with Gasteiger partial charge in [-0.05, 0) is 67.8 Å². The van der Waals surface area contributed by atoms with E-state index >= 15 is 0 Å². The van der Waals surface area contributed by atoms with Gasteiger partial charge >= 0.3 is 0 Å². The van der Waals surface area contributed by atoms with E-state index in [1.807, 2.05) is 25.3 Å². The van der Waals surface area contributed by atoms with Crippen molar-refractivity contribution in [3.8, 4) is 22.8 Å². The van der Waals surface area contributed by atoms with Crippen molar-refractivity contribution in [2.45, 2.75) is 38.0 Å². The minimum absolute atomic E-state index is 0.0571. The summed E-state index contributed by atoms with van der Waals surface area (Å²) in [6.07, 6.45) is 5.30. The van der Waals surface area contributed by atoms with Gasteiger partial charge in [-0.25, -0.2) is 18.7 Å². The molecule has 0 bridgehead atoms. The highest BCUT2D eigenvalue weighted by Gasteiger charge is 2.12. The first-order valence-corrected chi connectivity index (χ1v) is 12.3. The lowest BCUT2D eigenvalue weighted by Crippen LogP contribution is -2.13. The van der Waals surface area contributed by atoms with Crippen LogP contribution in [0.3, 0.4) is 0 Å². The molecule has 9 heteroatoms. The molecule has 176 valence electrons. The van der Waals surface area contributed by atoms with E-state index in [0.29, 0.717) is 29.6 Å². The molecular formula is C24H26ClF2N3O2S. The Morgan fingerprint density at radius 2 is 1.94 bits per heavy atom. The number of halogens is 3. The number of anilines is 1. The fourth-order valence-corrected chi connectivity index (χ4v) is 4.00.